The van der Waals surface area contributed by atoms with Crippen molar-refractivity contribution in [3.05, 3.63) is 0 Å². The van der Waals surface area contributed by atoms with E-state index in [0.29, 0.717) is 0 Å². The minimum Gasteiger partial charge on any atom is -1.00 e. The van der Waals surface area contributed by atoms with Gasteiger partial charge in [-0.15, -0.1) is 0 Å². The molecule has 0 aliphatic heterocycles. The third kappa shape index (κ3) is 47.4. The van der Waals surface area contributed by atoms with Crippen LogP contribution < -0.4 is 18.8 Å². The van der Waals surface area contributed by atoms with Crippen LogP contribution in [0.2, 0.25) is 0 Å². The standard InChI is InChI=1S/2Cd.4FH/h;;4*1H/q2*+2;;;;/p-4. The SMILES string of the molecule is [Cd+2].[Cd+2].[F-].[F-].[F-].[F-]. The molecule has 0 heterocycles. The van der Waals surface area contributed by atoms with E-state index < -0.39 is 0 Å². The first-order chi connectivity index (χ1) is 0. The van der Waals surface area contributed by atoms with Gasteiger partial charge in [-0.3, -0.25) is 0 Å². The van der Waals surface area contributed by atoms with E-state index in [1.54, 1.807) is 0 Å². The molecular formula is Cd2F4. The Morgan fingerprint density at radius 2 is 0.333 bits per heavy atom. The van der Waals surface area contributed by atoms with E-state index >= 15 is 0 Å². The quantitative estimate of drug-likeness (QED) is 0.308. The van der Waals surface area contributed by atoms with Gasteiger partial charge < -0.3 is 18.8 Å². The van der Waals surface area contributed by atoms with E-state index in [2.05, 4.69) is 0 Å². The molecule has 0 radical (unpaired) electrons. The van der Waals surface area contributed by atoms with Crippen molar-refractivity contribution in [1.82, 2.24) is 0 Å². The predicted molar refractivity (Wildman–Crippen MR) is 0 cm³/mol. The number of rotatable bonds is 0. The van der Waals surface area contributed by atoms with Gasteiger partial charge in [0.05, 0.1) is 0 Å². The van der Waals surface area contributed by atoms with Crippen molar-refractivity contribution in [1.29, 1.82) is 0 Å². The summed E-state index contributed by atoms with van der Waals surface area (Å²) in [5.74, 6) is 0. The van der Waals surface area contributed by atoms with Crippen LogP contribution in [0.15, 0.2) is 0 Å². The molecule has 0 aliphatic rings. The fourth-order valence-electron chi connectivity index (χ4n) is 0. The fraction of sp³-hybridized carbons (Fsp3) is 0. The van der Waals surface area contributed by atoms with Crippen molar-refractivity contribution in [2.75, 3.05) is 0 Å². The Balaban J connectivity index is 0. The molecule has 0 atom stereocenters. The first-order valence-corrected chi connectivity index (χ1v) is 0. The van der Waals surface area contributed by atoms with Crippen molar-refractivity contribution in [2.24, 2.45) is 0 Å². The molecule has 0 nitrogen and oxygen atoms in total. The van der Waals surface area contributed by atoms with Gasteiger partial charge in [0.15, 0.2) is 0 Å². The average Bonchev–Trinajstić information content (AvgIpc) is 0. The fourth-order valence-corrected chi connectivity index (χ4v) is 0. The van der Waals surface area contributed by atoms with E-state index in [1.165, 1.54) is 0 Å². The molecule has 0 saturated heterocycles. The monoisotopic (exact) mass is 304 g/mol. The molecule has 0 unspecified atom stereocenters. The topological polar surface area (TPSA) is 0 Å². The maximum atomic E-state index is 0. The number of hydrogen-bond acceptors (Lipinski definition) is 0. The van der Waals surface area contributed by atoms with Crippen molar-refractivity contribution >= 4 is 0 Å². The second-order valence-electron chi connectivity index (χ2n) is 0. The number of halogens is 4. The van der Waals surface area contributed by atoms with Gasteiger partial charge in [-0.2, -0.15) is 0 Å². The molecule has 0 bridgehead atoms. The molecular weight excluding hydrogens is 301 g/mol. The van der Waals surface area contributed by atoms with Gasteiger partial charge in [0.2, 0.25) is 0 Å². The Morgan fingerprint density at radius 1 is 0.333 bits per heavy atom. The molecule has 32 valence electrons. The van der Waals surface area contributed by atoms with Crippen molar-refractivity contribution in [2.45, 2.75) is 0 Å². The molecule has 0 aliphatic carbocycles. The maximum absolute atomic E-state index is 0. The summed E-state index contributed by atoms with van der Waals surface area (Å²) < 4.78 is 0. The number of hydrogen-bond donors (Lipinski definition) is 0. The summed E-state index contributed by atoms with van der Waals surface area (Å²) in [7, 11) is 0. The first-order valence-electron chi connectivity index (χ1n) is 0. The predicted octanol–water partition coefficient (Wildman–Crippen LogP) is -12.0. The van der Waals surface area contributed by atoms with Crippen LogP contribution in [0.4, 0.5) is 0 Å². The molecule has 0 N–H and O–H groups in total. The van der Waals surface area contributed by atoms with E-state index in [9.17, 15) is 0 Å². The summed E-state index contributed by atoms with van der Waals surface area (Å²) >= 11 is 0. The summed E-state index contributed by atoms with van der Waals surface area (Å²) in [5.41, 5.74) is 0. The minimum atomic E-state index is 0. The van der Waals surface area contributed by atoms with E-state index in [-0.39, 0.29) is 73.4 Å². The van der Waals surface area contributed by atoms with Crippen molar-refractivity contribution < 1.29 is 73.4 Å². The van der Waals surface area contributed by atoms with Gasteiger partial charge in [-0.05, 0) is 0 Å². The van der Waals surface area contributed by atoms with Crippen LogP contribution >= 0.6 is 0 Å². The smallest absolute Gasteiger partial charge is 1.00 e. The normalized spacial score (nSPS) is 0. The third-order valence-corrected chi connectivity index (χ3v) is 0. The van der Waals surface area contributed by atoms with Gasteiger partial charge >= 0.3 is 54.6 Å². The second-order valence-corrected chi connectivity index (χ2v) is 0. The second kappa shape index (κ2) is 83.1. The molecule has 0 rings (SSSR count). The molecule has 0 aromatic carbocycles. The summed E-state index contributed by atoms with van der Waals surface area (Å²) in [5, 5.41) is 0. The Bertz CT molecular complexity index is 5.51. The molecule has 0 amide bonds. The zero-order valence-corrected chi connectivity index (χ0v) is 11.0. The molecule has 6 heavy (non-hydrogen) atoms. The van der Waals surface area contributed by atoms with Gasteiger partial charge in [-0.1, -0.05) is 0 Å². The van der Waals surface area contributed by atoms with Gasteiger partial charge in [0.25, 0.3) is 0 Å². The van der Waals surface area contributed by atoms with Crippen LogP contribution in [0.1, 0.15) is 0 Å². The molecule has 6 heteroatoms. The van der Waals surface area contributed by atoms with Gasteiger partial charge in [0.1, 0.15) is 0 Å². The average molecular weight is 301 g/mol. The zero-order valence-electron chi connectivity index (χ0n) is 2.93. The summed E-state index contributed by atoms with van der Waals surface area (Å²) in [6.07, 6.45) is 0. The molecule has 0 saturated carbocycles. The van der Waals surface area contributed by atoms with Crippen LogP contribution in [0.5, 0.6) is 0 Å². The summed E-state index contributed by atoms with van der Waals surface area (Å²) in [4.78, 5) is 0. The van der Waals surface area contributed by atoms with Gasteiger partial charge in [-0.25, -0.2) is 0 Å². The van der Waals surface area contributed by atoms with Crippen LogP contribution in [0.25, 0.3) is 0 Å². The zero-order chi connectivity index (χ0) is 0. The minimum absolute atomic E-state index is 0. The maximum Gasteiger partial charge on any atom is 2.00 e. The Kier molecular flexibility index (Phi) is 1840. The first kappa shape index (κ1) is 133. The Labute approximate surface area is 72.8 Å². The molecule has 0 aromatic rings. The van der Waals surface area contributed by atoms with Crippen molar-refractivity contribution in [3.8, 4) is 0 Å². The van der Waals surface area contributed by atoms with E-state index in [4.69, 9.17) is 0 Å². The summed E-state index contributed by atoms with van der Waals surface area (Å²) in [6, 6.07) is 0. The third-order valence-electron chi connectivity index (χ3n) is 0. The molecule has 0 spiro atoms. The van der Waals surface area contributed by atoms with Crippen LogP contribution in [0, 0.1) is 0 Å². The van der Waals surface area contributed by atoms with E-state index in [0.717, 1.165) is 0 Å². The van der Waals surface area contributed by atoms with Crippen LogP contribution in [-0.2, 0) is 54.6 Å². The van der Waals surface area contributed by atoms with Crippen LogP contribution in [-0.4, -0.2) is 0 Å². The Morgan fingerprint density at radius 3 is 0.333 bits per heavy atom. The largest absolute Gasteiger partial charge is 2.00 e. The van der Waals surface area contributed by atoms with E-state index in [1.807, 2.05) is 0 Å². The molecule has 0 aromatic heterocycles. The molecule has 0 fully saturated rings. The van der Waals surface area contributed by atoms with Crippen molar-refractivity contribution in [3.63, 3.8) is 0 Å². The van der Waals surface area contributed by atoms with Crippen LogP contribution in [0.3, 0.4) is 0 Å². The van der Waals surface area contributed by atoms with Gasteiger partial charge in [0, 0.05) is 0 Å². The summed E-state index contributed by atoms with van der Waals surface area (Å²) in [6.45, 7) is 0. The Hall–Kier alpha value is 1.56.